The first-order valence-corrected chi connectivity index (χ1v) is 11.7. The topological polar surface area (TPSA) is 136 Å². The van der Waals surface area contributed by atoms with Gasteiger partial charge in [-0.3, -0.25) is 24.3 Å². The molecular weight excluding hydrogens is 474 g/mol. The van der Waals surface area contributed by atoms with E-state index >= 15 is 0 Å². The van der Waals surface area contributed by atoms with Gasteiger partial charge in [-0.25, -0.2) is 13.4 Å². The number of sulfonamides is 1. The number of carbonyl (C=O) groups excluding carboxylic acids is 1. The van der Waals surface area contributed by atoms with E-state index < -0.39 is 20.5 Å². The van der Waals surface area contributed by atoms with Crippen LogP contribution in [-0.4, -0.2) is 64.2 Å². The predicted molar refractivity (Wildman–Crippen MR) is 119 cm³/mol. The highest BCUT2D eigenvalue weighted by atomic mass is 35.5. The second kappa shape index (κ2) is 8.89. The smallest absolute Gasteiger partial charge is 0.271 e. The maximum absolute atomic E-state index is 12.8. The lowest BCUT2D eigenvalue weighted by molar-refractivity contribution is -0.384. The number of benzene rings is 2. The van der Waals surface area contributed by atoms with Gasteiger partial charge in [0.25, 0.3) is 11.2 Å². The van der Waals surface area contributed by atoms with E-state index in [9.17, 15) is 28.1 Å². The van der Waals surface area contributed by atoms with Crippen LogP contribution in [0.25, 0.3) is 10.9 Å². The molecule has 4 rings (SSSR count). The second-order valence-corrected chi connectivity index (χ2v) is 9.75. The summed E-state index contributed by atoms with van der Waals surface area (Å²) in [5.74, 6) is -0.358. The van der Waals surface area contributed by atoms with Crippen LogP contribution in [0, 0.1) is 10.1 Å². The van der Waals surface area contributed by atoms with Gasteiger partial charge in [-0.1, -0.05) is 11.6 Å². The first-order chi connectivity index (χ1) is 15.7. The van der Waals surface area contributed by atoms with Crippen molar-refractivity contribution in [3.8, 4) is 0 Å². The molecule has 1 aromatic heterocycles. The minimum absolute atomic E-state index is 0.116. The van der Waals surface area contributed by atoms with E-state index in [2.05, 4.69) is 4.98 Å². The molecule has 1 saturated heterocycles. The predicted octanol–water partition coefficient (Wildman–Crippen LogP) is 1.49. The molecule has 0 spiro atoms. The van der Waals surface area contributed by atoms with Crippen LogP contribution in [0.4, 0.5) is 5.69 Å². The third-order valence-electron chi connectivity index (χ3n) is 5.37. The second-order valence-electron chi connectivity index (χ2n) is 7.37. The Balaban J connectivity index is 1.44. The molecule has 172 valence electrons. The molecule has 2 heterocycles. The Kier molecular flexibility index (Phi) is 6.15. The van der Waals surface area contributed by atoms with Gasteiger partial charge in [0.1, 0.15) is 6.54 Å². The molecule has 0 radical (unpaired) electrons. The van der Waals surface area contributed by atoms with Crippen LogP contribution in [0.5, 0.6) is 0 Å². The number of non-ortho nitro benzene ring substituents is 1. The zero-order chi connectivity index (χ0) is 23.8. The Morgan fingerprint density at radius 1 is 1.09 bits per heavy atom. The summed E-state index contributed by atoms with van der Waals surface area (Å²) in [6.07, 6.45) is 1.17. The minimum Gasteiger partial charge on any atom is -0.338 e. The third-order valence-corrected chi connectivity index (χ3v) is 7.53. The lowest BCUT2D eigenvalue weighted by atomic mass is 10.2. The maximum atomic E-state index is 12.8. The highest BCUT2D eigenvalue weighted by Gasteiger charge is 2.30. The number of hydrogen-bond acceptors (Lipinski definition) is 7. The fourth-order valence-electron chi connectivity index (χ4n) is 3.55. The normalized spacial score (nSPS) is 15.0. The molecule has 0 aliphatic carbocycles. The molecule has 0 atom stereocenters. The highest BCUT2D eigenvalue weighted by molar-refractivity contribution is 7.89. The summed E-state index contributed by atoms with van der Waals surface area (Å²) in [6.45, 7) is 0.306. The van der Waals surface area contributed by atoms with Gasteiger partial charge in [0.05, 0.1) is 27.0 Å². The standard InChI is InChI=1S/C20H18ClN5O6S/c21-14-1-4-16(5-2-14)33(31,32)25-9-7-23(8-10-25)19(27)12-24-13-22-18-11-15(26(29)30)3-6-17(18)20(24)28/h1-6,11,13H,7-10,12H2. The largest absolute Gasteiger partial charge is 0.338 e. The Labute approximate surface area is 193 Å². The number of piperazine rings is 1. The van der Waals surface area contributed by atoms with Gasteiger partial charge in [0, 0.05) is 43.3 Å². The summed E-state index contributed by atoms with van der Waals surface area (Å²) >= 11 is 5.82. The number of fused-ring (bicyclic) bond motifs is 1. The van der Waals surface area contributed by atoms with Gasteiger partial charge in [0.15, 0.2) is 0 Å². The summed E-state index contributed by atoms with van der Waals surface area (Å²) < 4.78 is 28.0. The van der Waals surface area contributed by atoms with Crippen LogP contribution < -0.4 is 5.56 Å². The van der Waals surface area contributed by atoms with Crippen molar-refractivity contribution < 1.29 is 18.1 Å². The molecule has 0 saturated carbocycles. The van der Waals surface area contributed by atoms with Crippen LogP contribution in [0.3, 0.4) is 0 Å². The van der Waals surface area contributed by atoms with Gasteiger partial charge >= 0.3 is 0 Å². The third kappa shape index (κ3) is 4.58. The number of halogens is 1. The first kappa shape index (κ1) is 22.8. The van der Waals surface area contributed by atoms with E-state index in [-0.39, 0.29) is 60.1 Å². The number of aromatic nitrogens is 2. The number of hydrogen-bond donors (Lipinski definition) is 0. The molecule has 0 N–H and O–H groups in total. The van der Waals surface area contributed by atoms with Crippen molar-refractivity contribution in [3.63, 3.8) is 0 Å². The molecule has 0 bridgehead atoms. The van der Waals surface area contributed by atoms with Gasteiger partial charge in [-0.2, -0.15) is 4.31 Å². The number of nitrogens with zero attached hydrogens (tertiary/aromatic N) is 5. The number of carbonyl (C=O) groups is 1. The average Bonchev–Trinajstić information content (AvgIpc) is 2.81. The number of nitro groups is 1. The fourth-order valence-corrected chi connectivity index (χ4v) is 5.10. The molecule has 1 fully saturated rings. The molecular formula is C20H18ClN5O6S. The summed E-state index contributed by atoms with van der Waals surface area (Å²) in [5, 5.41) is 11.5. The number of amides is 1. The highest BCUT2D eigenvalue weighted by Crippen LogP contribution is 2.20. The van der Waals surface area contributed by atoms with E-state index in [1.165, 1.54) is 58.0 Å². The van der Waals surface area contributed by atoms with Crippen molar-refractivity contribution >= 4 is 44.1 Å². The molecule has 1 amide bonds. The molecule has 13 heteroatoms. The zero-order valence-electron chi connectivity index (χ0n) is 17.1. The maximum Gasteiger partial charge on any atom is 0.271 e. The monoisotopic (exact) mass is 491 g/mol. The van der Waals surface area contributed by atoms with Crippen molar-refractivity contribution in [1.29, 1.82) is 0 Å². The summed E-state index contributed by atoms with van der Waals surface area (Å²) in [5.41, 5.74) is -0.513. The molecule has 0 unspecified atom stereocenters. The molecule has 1 aliphatic rings. The van der Waals surface area contributed by atoms with Crippen LogP contribution >= 0.6 is 11.6 Å². The van der Waals surface area contributed by atoms with Gasteiger partial charge in [-0.15, -0.1) is 0 Å². The molecule has 11 nitrogen and oxygen atoms in total. The molecule has 33 heavy (non-hydrogen) atoms. The fraction of sp³-hybridized carbons (Fsp3) is 0.250. The van der Waals surface area contributed by atoms with Crippen molar-refractivity contribution in [1.82, 2.24) is 18.8 Å². The van der Waals surface area contributed by atoms with Crippen molar-refractivity contribution in [2.75, 3.05) is 26.2 Å². The van der Waals surface area contributed by atoms with E-state index in [1.807, 2.05) is 0 Å². The van der Waals surface area contributed by atoms with Crippen molar-refractivity contribution in [3.05, 3.63) is 74.3 Å². The average molecular weight is 492 g/mol. The summed E-state index contributed by atoms with van der Waals surface area (Å²) in [7, 11) is -3.70. The van der Waals surface area contributed by atoms with Gasteiger partial charge in [-0.05, 0) is 30.3 Å². The number of nitro benzene ring substituents is 1. The van der Waals surface area contributed by atoms with Crippen LogP contribution in [0.2, 0.25) is 5.02 Å². The van der Waals surface area contributed by atoms with Crippen LogP contribution in [-0.2, 0) is 21.4 Å². The van der Waals surface area contributed by atoms with Crippen molar-refractivity contribution in [2.45, 2.75) is 11.4 Å². The van der Waals surface area contributed by atoms with E-state index in [0.29, 0.717) is 5.02 Å². The Bertz CT molecular complexity index is 1400. The summed E-state index contributed by atoms with van der Waals surface area (Å²) in [4.78, 5) is 41.4. The van der Waals surface area contributed by atoms with E-state index in [1.54, 1.807) is 0 Å². The SMILES string of the molecule is O=C(Cn1cnc2cc([N+](=O)[O-])ccc2c1=O)N1CCN(S(=O)(=O)c2ccc(Cl)cc2)CC1. The molecule has 1 aliphatic heterocycles. The summed E-state index contributed by atoms with van der Waals surface area (Å²) in [6, 6.07) is 9.58. The Morgan fingerprint density at radius 3 is 2.39 bits per heavy atom. The lowest BCUT2D eigenvalue weighted by Gasteiger charge is -2.34. The Hall–Kier alpha value is -3.35. The lowest BCUT2D eigenvalue weighted by Crippen LogP contribution is -2.51. The quantitative estimate of drug-likeness (QED) is 0.389. The van der Waals surface area contributed by atoms with Gasteiger partial charge in [0.2, 0.25) is 15.9 Å². The van der Waals surface area contributed by atoms with Crippen LogP contribution in [0.15, 0.2) is 58.5 Å². The Morgan fingerprint density at radius 2 is 1.76 bits per heavy atom. The first-order valence-electron chi connectivity index (χ1n) is 9.84. The molecule has 3 aromatic rings. The molecule has 2 aromatic carbocycles. The van der Waals surface area contributed by atoms with Gasteiger partial charge < -0.3 is 4.90 Å². The zero-order valence-corrected chi connectivity index (χ0v) is 18.7. The minimum atomic E-state index is -3.70. The van der Waals surface area contributed by atoms with Crippen molar-refractivity contribution in [2.24, 2.45) is 0 Å². The van der Waals surface area contributed by atoms with E-state index in [4.69, 9.17) is 11.6 Å². The van der Waals surface area contributed by atoms with Crippen LogP contribution in [0.1, 0.15) is 0 Å². The van der Waals surface area contributed by atoms with E-state index in [0.717, 1.165) is 4.57 Å². The number of rotatable bonds is 5.